The number of nitrogens with two attached hydrogens (primary N) is 2. The van der Waals surface area contributed by atoms with Gasteiger partial charge in [0.25, 0.3) is 0 Å². The van der Waals surface area contributed by atoms with E-state index in [-0.39, 0.29) is 16.6 Å². The molecule has 0 fully saturated rings. The zero-order valence-corrected chi connectivity index (χ0v) is 9.75. The monoisotopic (exact) mass is 250 g/mol. The summed E-state index contributed by atoms with van der Waals surface area (Å²) >= 11 is 1.35. The van der Waals surface area contributed by atoms with E-state index in [1.165, 1.54) is 11.8 Å². The van der Waals surface area contributed by atoms with Crippen LogP contribution in [-0.2, 0) is 6.18 Å². The molecular weight excluding hydrogens is 237 g/mol. The Kier molecular flexibility index (Phi) is 3.62. The predicted molar refractivity (Wildman–Crippen MR) is 61.3 cm³/mol. The maximum absolute atomic E-state index is 12.4. The van der Waals surface area contributed by atoms with E-state index in [0.29, 0.717) is 4.90 Å². The third kappa shape index (κ3) is 2.98. The SMILES string of the molecule is CC(C)Sc1c(N)cc(C(F)(F)F)cc1N. The molecule has 0 aliphatic carbocycles. The highest BCUT2D eigenvalue weighted by Gasteiger charge is 2.31. The molecule has 6 heteroatoms. The molecule has 0 amide bonds. The molecule has 0 aliphatic rings. The third-order valence-corrected chi connectivity index (χ3v) is 3.01. The van der Waals surface area contributed by atoms with Gasteiger partial charge in [-0.3, -0.25) is 0 Å². The standard InChI is InChI=1S/C10H13F3N2S/c1-5(2)16-9-7(14)3-6(4-8(9)15)10(11,12)13/h3-5H,14-15H2,1-2H3. The van der Waals surface area contributed by atoms with E-state index < -0.39 is 11.7 Å². The summed E-state index contributed by atoms with van der Waals surface area (Å²) in [7, 11) is 0. The van der Waals surface area contributed by atoms with E-state index in [1.807, 2.05) is 13.8 Å². The molecule has 0 atom stereocenters. The Labute approximate surface area is 96.2 Å². The van der Waals surface area contributed by atoms with Crippen LogP contribution in [0.1, 0.15) is 19.4 Å². The number of nitrogen functional groups attached to an aromatic ring is 2. The van der Waals surface area contributed by atoms with Gasteiger partial charge in [-0.25, -0.2) is 0 Å². The normalized spacial score (nSPS) is 12.1. The summed E-state index contributed by atoms with van der Waals surface area (Å²) < 4.78 is 37.3. The van der Waals surface area contributed by atoms with Crippen molar-refractivity contribution in [2.45, 2.75) is 30.2 Å². The van der Waals surface area contributed by atoms with Gasteiger partial charge in [-0.05, 0) is 12.1 Å². The van der Waals surface area contributed by atoms with Crippen molar-refractivity contribution >= 4 is 23.1 Å². The first-order valence-corrected chi connectivity index (χ1v) is 5.52. The molecule has 0 aliphatic heterocycles. The molecule has 0 saturated carbocycles. The lowest BCUT2D eigenvalue weighted by Crippen LogP contribution is -2.08. The summed E-state index contributed by atoms with van der Waals surface area (Å²) in [5.41, 5.74) is 10.5. The lowest BCUT2D eigenvalue weighted by atomic mass is 10.1. The molecule has 0 heterocycles. The molecule has 1 aromatic rings. The van der Waals surface area contributed by atoms with Crippen LogP contribution in [0.2, 0.25) is 0 Å². The number of thioether (sulfide) groups is 1. The number of benzene rings is 1. The van der Waals surface area contributed by atoms with E-state index in [2.05, 4.69) is 0 Å². The number of halogens is 3. The minimum Gasteiger partial charge on any atom is -0.398 e. The quantitative estimate of drug-likeness (QED) is 0.625. The Balaban J connectivity index is 3.18. The van der Waals surface area contributed by atoms with Crippen LogP contribution in [0, 0.1) is 0 Å². The number of alkyl halides is 3. The molecule has 0 unspecified atom stereocenters. The van der Waals surface area contributed by atoms with Crippen molar-refractivity contribution in [2.24, 2.45) is 0 Å². The highest BCUT2D eigenvalue weighted by atomic mass is 32.2. The molecule has 0 bridgehead atoms. The van der Waals surface area contributed by atoms with Crippen LogP contribution in [0.5, 0.6) is 0 Å². The van der Waals surface area contributed by atoms with Gasteiger partial charge < -0.3 is 11.5 Å². The first-order chi connectivity index (χ1) is 7.21. The molecule has 0 aromatic heterocycles. The van der Waals surface area contributed by atoms with Crippen molar-refractivity contribution in [3.8, 4) is 0 Å². The van der Waals surface area contributed by atoms with Crippen LogP contribution in [0.25, 0.3) is 0 Å². The molecule has 90 valence electrons. The van der Waals surface area contributed by atoms with Gasteiger partial charge in [0.15, 0.2) is 0 Å². The Morgan fingerprint density at radius 1 is 1.12 bits per heavy atom. The zero-order chi connectivity index (χ0) is 12.5. The second kappa shape index (κ2) is 4.45. The van der Waals surface area contributed by atoms with Gasteiger partial charge in [0.05, 0.1) is 10.5 Å². The maximum Gasteiger partial charge on any atom is 0.416 e. The highest BCUT2D eigenvalue weighted by Crippen LogP contribution is 2.39. The summed E-state index contributed by atoms with van der Waals surface area (Å²) in [5.74, 6) is 0. The van der Waals surface area contributed by atoms with Crippen LogP contribution in [0.3, 0.4) is 0 Å². The van der Waals surface area contributed by atoms with Crippen LogP contribution in [0.4, 0.5) is 24.5 Å². The van der Waals surface area contributed by atoms with Crippen molar-refractivity contribution in [1.82, 2.24) is 0 Å². The van der Waals surface area contributed by atoms with Crippen molar-refractivity contribution in [2.75, 3.05) is 11.5 Å². The average Bonchev–Trinajstić information content (AvgIpc) is 2.09. The fourth-order valence-corrected chi connectivity index (χ4v) is 2.07. The van der Waals surface area contributed by atoms with Crippen molar-refractivity contribution < 1.29 is 13.2 Å². The molecule has 0 saturated heterocycles. The molecule has 4 N–H and O–H groups in total. The summed E-state index contributed by atoms with van der Waals surface area (Å²) in [6, 6.07) is 1.84. The summed E-state index contributed by atoms with van der Waals surface area (Å²) in [5, 5.41) is 0.210. The van der Waals surface area contributed by atoms with Gasteiger partial charge in [-0.1, -0.05) is 13.8 Å². The summed E-state index contributed by atoms with van der Waals surface area (Å²) in [6.45, 7) is 3.84. The number of anilines is 2. The number of hydrogen-bond donors (Lipinski definition) is 2. The third-order valence-electron chi connectivity index (χ3n) is 1.83. The fourth-order valence-electron chi connectivity index (χ4n) is 1.21. The van der Waals surface area contributed by atoms with Crippen LogP contribution >= 0.6 is 11.8 Å². The Morgan fingerprint density at radius 3 is 1.88 bits per heavy atom. The highest BCUT2D eigenvalue weighted by molar-refractivity contribution is 8.00. The van der Waals surface area contributed by atoms with E-state index in [9.17, 15) is 13.2 Å². The largest absolute Gasteiger partial charge is 0.416 e. The molecular formula is C10H13F3N2S. The van der Waals surface area contributed by atoms with Crippen LogP contribution < -0.4 is 11.5 Å². The Bertz CT molecular complexity index is 365. The lowest BCUT2D eigenvalue weighted by molar-refractivity contribution is -0.137. The predicted octanol–water partition coefficient (Wildman–Crippen LogP) is 3.37. The van der Waals surface area contributed by atoms with Crippen LogP contribution in [-0.4, -0.2) is 5.25 Å². The smallest absolute Gasteiger partial charge is 0.398 e. The van der Waals surface area contributed by atoms with Crippen molar-refractivity contribution in [3.05, 3.63) is 17.7 Å². The van der Waals surface area contributed by atoms with E-state index >= 15 is 0 Å². The summed E-state index contributed by atoms with van der Waals surface area (Å²) in [6.07, 6.45) is -4.41. The fraction of sp³-hybridized carbons (Fsp3) is 0.400. The maximum atomic E-state index is 12.4. The van der Waals surface area contributed by atoms with Crippen molar-refractivity contribution in [1.29, 1.82) is 0 Å². The van der Waals surface area contributed by atoms with E-state index in [4.69, 9.17) is 11.5 Å². The molecule has 0 spiro atoms. The van der Waals surface area contributed by atoms with Crippen LogP contribution in [0.15, 0.2) is 17.0 Å². The van der Waals surface area contributed by atoms with Gasteiger partial charge in [0, 0.05) is 16.6 Å². The summed E-state index contributed by atoms with van der Waals surface area (Å²) in [4.78, 5) is 0.517. The first-order valence-electron chi connectivity index (χ1n) is 4.64. The van der Waals surface area contributed by atoms with Crippen molar-refractivity contribution in [3.63, 3.8) is 0 Å². The van der Waals surface area contributed by atoms with Gasteiger partial charge in [-0.2, -0.15) is 13.2 Å². The number of rotatable bonds is 2. The molecule has 1 rings (SSSR count). The minimum atomic E-state index is -4.41. The molecule has 16 heavy (non-hydrogen) atoms. The molecule has 1 aromatic carbocycles. The van der Waals surface area contributed by atoms with E-state index in [1.54, 1.807) is 0 Å². The van der Waals surface area contributed by atoms with E-state index in [0.717, 1.165) is 12.1 Å². The Hall–Kier alpha value is -1.04. The molecule has 2 nitrogen and oxygen atoms in total. The average molecular weight is 250 g/mol. The second-order valence-corrected chi connectivity index (χ2v) is 5.23. The number of hydrogen-bond acceptors (Lipinski definition) is 3. The minimum absolute atomic E-state index is 0.0750. The second-order valence-electron chi connectivity index (χ2n) is 3.65. The molecule has 0 radical (unpaired) electrons. The van der Waals surface area contributed by atoms with Gasteiger partial charge in [0.2, 0.25) is 0 Å². The topological polar surface area (TPSA) is 52.0 Å². The first kappa shape index (κ1) is 13.0. The zero-order valence-electron chi connectivity index (χ0n) is 8.93. The van der Waals surface area contributed by atoms with Gasteiger partial charge in [-0.15, -0.1) is 11.8 Å². The lowest BCUT2D eigenvalue weighted by Gasteiger charge is -2.14. The Morgan fingerprint density at radius 2 is 1.56 bits per heavy atom. The van der Waals surface area contributed by atoms with Gasteiger partial charge in [0.1, 0.15) is 0 Å². The van der Waals surface area contributed by atoms with Gasteiger partial charge >= 0.3 is 6.18 Å².